The van der Waals surface area contributed by atoms with Crippen molar-refractivity contribution in [1.29, 1.82) is 0 Å². The summed E-state index contributed by atoms with van der Waals surface area (Å²) in [5.74, 6) is -0.681. The van der Waals surface area contributed by atoms with Gasteiger partial charge < -0.3 is 15.5 Å². The minimum absolute atomic E-state index is 0.0258. The van der Waals surface area contributed by atoms with Crippen LogP contribution in [0.15, 0.2) is 72.8 Å². The third-order valence-electron chi connectivity index (χ3n) is 8.80. The largest absolute Gasteiger partial charge is 0.405 e. The average Bonchev–Trinajstić information content (AvgIpc) is 3.54. The van der Waals surface area contributed by atoms with Crippen LogP contribution in [0.1, 0.15) is 73.5 Å². The van der Waals surface area contributed by atoms with E-state index in [1.807, 2.05) is 72.8 Å². The number of likely N-dealkylation sites (tertiary alicyclic amines) is 1. The third-order valence-corrected chi connectivity index (χ3v) is 8.80. The number of nitrogens with zero attached hydrogens (tertiary/aromatic N) is 1. The first-order valence-electron chi connectivity index (χ1n) is 15.1. The highest BCUT2D eigenvalue weighted by atomic mass is 19.4. The molecule has 8 heteroatoms. The number of carbonyl (C=O) groups excluding carboxylic acids is 2. The van der Waals surface area contributed by atoms with Crippen molar-refractivity contribution in [2.75, 3.05) is 26.2 Å². The number of carbonyl (C=O) groups is 2. The molecule has 0 radical (unpaired) electrons. The summed E-state index contributed by atoms with van der Waals surface area (Å²) in [4.78, 5) is 28.8. The van der Waals surface area contributed by atoms with Crippen LogP contribution in [0.5, 0.6) is 0 Å². The lowest BCUT2D eigenvalue weighted by Crippen LogP contribution is -2.47. The number of nitrogens with one attached hydrogen (secondary N) is 2. The van der Waals surface area contributed by atoms with Gasteiger partial charge >= 0.3 is 6.18 Å². The number of rotatable bonds is 9. The quantitative estimate of drug-likeness (QED) is 0.276. The number of unbranched alkanes of at least 4 members (excludes halogenated alkanes) is 1. The molecule has 3 aromatic carbocycles. The van der Waals surface area contributed by atoms with Gasteiger partial charge in [-0.3, -0.25) is 9.59 Å². The zero-order valence-electron chi connectivity index (χ0n) is 25.1. The molecule has 2 aliphatic rings. The Morgan fingerprint density at radius 3 is 2.07 bits per heavy atom. The Morgan fingerprint density at radius 2 is 1.49 bits per heavy atom. The van der Waals surface area contributed by atoms with Gasteiger partial charge in [-0.15, -0.1) is 0 Å². The Hall–Kier alpha value is -3.65. The molecule has 0 spiro atoms. The van der Waals surface area contributed by atoms with Crippen LogP contribution in [0, 0.1) is 0 Å². The number of alkyl halides is 3. The standard InChI is InChI=1S/C35H40F3N3O2/c1-33(2,3)25-16-14-24(15-17-25)31(42)40-26-18-21-41(22-26)20-9-8-19-34(32(43)39-23-35(36,37)38)29-12-6-4-10-27(29)28-11-5-7-13-30(28)34/h4-7,10-17,26H,8-9,18-23H2,1-3H3,(H,39,43)(H,40,42). The first kappa shape index (κ1) is 30.8. The zero-order chi connectivity index (χ0) is 30.8. The molecule has 3 aromatic rings. The SMILES string of the molecule is CC(C)(C)c1ccc(C(=O)NC2CCN(CCCCC3(C(=O)NCC(F)(F)F)c4ccccc4-c4ccccc43)C2)cc1. The molecule has 1 saturated heterocycles. The van der Waals surface area contributed by atoms with E-state index in [1.165, 1.54) is 5.56 Å². The normalized spacial score (nSPS) is 17.8. The van der Waals surface area contributed by atoms with Crippen LogP contribution < -0.4 is 10.6 Å². The van der Waals surface area contributed by atoms with E-state index in [1.54, 1.807) is 0 Å². The topological polar surface area (TPSA) is 61.4 Å². The van der Waals surface area contributed by atoms with Crippen molar-refractivity contribution in [3.05, 3.63) is 95.1 Å². The van der Waals surface area contributed by atoms with Gasteiger partial charge in [0, 0.05) is 24.7 Å². The van der Waals surface area contributed by atoms with E-state index >= 15 is 0 Å². The highest BCUT2D eigenvalue weighted by Crippen LogP contribution is 2.51. The predicted molar refractivity (Wildman–Crippen MR) is 163 cm³/mol. The van der Waals surface area contributed by atoms with Crippen molar-refractivity contribution >= 4 is 11.8 Å². The van der Waals surface area contributed by atoms with Crippen molar-refractivity contribution in [2.45, 2.75) is 69.5 Å². The minimum atomic E-state index is -4.49. The Bertz CT molecular complexity index is 1410. The summed E-state index contributed by atoms with van der Waals surface area (Å²) in [6.45, 7) is 7.46. The van der Waals surface area contributed by atoms with Crippen LogP contribution in [0.3, 0.4) is 0 Å². The molecule has 2 amide bonds. The van der Waals surface area contributed by atoms with E-state index in [0.29, 0.717) is 18.4 Å². The lowest BCUT2D eigenvalue weighted by Gasteiger charge is -2.31. The monoisotopic (exact) mass is 591 g/mol. The van der Waals surface area contributed by atoms with E-state index in [0.717, 1.165) is 54.7 Å². The fourth-order valence-electron chi connectivity index (χ4n) is 6.55. The van der Waals surface area contributed by atoms with E-state index in [9.17, 15) is 22.8 Å². The molecular weight excluding hydrogens is 551 g/mol. The van der Waals surface area contributed by atoms with Gasteiger partial charge in [0.05, 0.1) is 0 Å². The van der Waals surface area contributed by atoms with Gasteiger partial charge in [0.25, 0.3) is 5.91 Å². The highest BCUT2D eigenvalue weighted by molar-refractivity contribution is 6.00. The van der Waals surface area contributed by atoms with Gasteiger partial charge in [0.2, 0.25) is 5.91 Å². The van der Waals surface area contributed by atoms with Gasteiger partial charge in [0.15, 0.2) is 0 Å². The predicted octanol–water partition coefficient (Wildman–Crippen LogP) is 6.60. The highest BCUT2D eigenvalue weighted by Gasteiger charge is 2.49. The van der Waals surface area contributed by atoms with Crippen molar-refractivity contribution in [3.63, 3.8) is 0 Å². The second-order valence-corrected chi connectivity index (χ2v) is 12.8. The molecule has 1 aliphatic carbocycles. The molecule has 2 N–H and O–H groups in total. The summed E-state index contributed by atoms with van der Waals surface area (Å²) >= 11 is 0. The summed E-state index contributed by atoms with van der Waals surface area (Å²) < 4.78 is 39.4. The summed E-state index contributed by atoms with van der Waals surface area (Å²) in [5, 5.41) is 5.36. The Kier molecular flexibility index (Phi) is 8.70. The number of hydrogen-bond acceptors (Lipinski definition) is 3. The molecule has 1 heterocycles. The van der Waals surface area contributed by atoms with E-state index in [4.69, 9.17) is 0 Å². The number of benzene rings is 3. The summed E-state index contributed by atoms with van der Waals surface area (Å²) in [6, 6.07) is 22.9. The number of halogens is 3. The molecule has 43 heavy (non-hydrogen) atoms. The molecule has 228 valence electrons. The summed E-state index contributed by atoms with van der Waals surface area (Å²) in [5.41, 5.74) is 3.99. The number of amides is 2. The van der Waals surface area contributed by atoms with Crippen LogP contribution in [-0.4, -0.2) is 55.1 Å². The van der Waals surface area contributed by atoms with E-state index in [-0.39, 0.29) is 17.4 Å². The number of hydrogen-bond donors (Lipinski definition) is 2. The first-order chi connectivity index (χ1) is 20.4. The maximum Gasteiger partial charge on any atom is 0.405 e. The summed E-state index contributed by atoms with van der Waals surface area (Å²) in [6.07, 6.45) is -1.78. The average molecular weight is 592 g/mol. The molecule has 1 unspecified atom stereocenters. The number of fused-ring (bicyclic) bond motifs is 3. The van der Waals surface area contributed by atoms with Crippen LogP contribution in [0.4, 0.5) is 13.2 Å². The van der Waals surface area contributed by atoms with Crippen molar-refractivity contribution in [2.24, 2.45) is 0 Å². The lowest BCUT2D eigenvalue weighted by molar-refractivity contribution is -0.141. The van der Waals surface area contributed by atoms with Gasteiger partial charge in [-0.2, -0.15) is 13.2 Å². The first-order valence-corrected chi connectivity index (χ1v) is 15.1. The third kappa shape index (κ3) is 6.64. The van der Waals surface area contributed by atoms with Crippen LogP contribution >= 0.6 is 0 Å². The van der Waals surface area contributed by atoms with Gasteiger partial charge in [-0.05, 0) is 71.2 Å². The van der Waals surface area contributed by atoms with E-state index < -0.39 is 24.0 Å². The minimum Gasteiger partial charge on any atom is -0.348 e. The van der Waals surface area contributed by atoms with E-state index in [2.05, 4.69) is 36.3 Å². The molecule has 1 atom stereocenters. The van der Waals surface area contributed by atoms with Crippen molar-refractivity contribution in [1.82, 2.24) is 15.5 Å². The van der Waals surface area contributed by atoms with Gasteiger partial charge in [0.1, 0.15) is 12.0 Å². The molecule has 5 nitrogen and oxygen atoms in total. The Labute approximate surface area is 251 Å². The molecule has 0 saturated carbocycles. The fourth-order valence-corrected chi connectivity index (χ4v) is 6.55. The Morgan fingerprint density at radius 1 is 0.884 bits per heavy atom. The zero-order valence-corrected chi connectivity index (χ0v) is 25.1. The van der Waals surface area contributed by atoms with Crippen molar-refractivity contribution in [3.8, 4) is 11.1 Å². The van der Waals surface area contributed by atoms with Crippen LogP contribution in [0.25, 0.3) is 11.1 Å². The maximum atomic E-state index is 13.7. The maximum absolute atomic E-state index is 13.7. The smallest absolute Gasteiger partial charge is 0.348 e. The molecule has 1 fully saturated rings. The molecular formula is C35H40F3N3O2. The lowest BCUT2D eigenvalue weighted by atomic mass is 9.73. The molecule has 0 bridgehead atoms. The fraction of sp³-hybridized carbons (Fsp3) is 0.429. The van der Waals surface area contributed by atoms with Crippen LogP contribution in [-0.2, 0) is 15.6 Å². The van der Waals surface area contributed by atoms with Crippen LogP contribution in [0.2, 0.25) is 0 Å². The summed E-state index contributed by atoms with van der Waals surface area (Å²) in [7, 11) is 0. The second kappa shape index (κ2) is 12.2. The second-order valence-electron chi connectivity index (χ2n) is 12.8. The Balaban J connectivity index is 1.21. The van der Waals surface area contributed by atoms with Gasteiger partial charge in [-0.1, -0.05) is 87.9 Å². The molecule has 0 aromatic heterocycles. The molecule has 5 rings (SSSR count). The van der Waals surface area contributed by atoms with Gasteiger partial charge in [-0.25, -0.2) is 0 Å². The van der Waals surface area contributed by atoms with Crippen molar-refractivity contribution < 1.29 is 22.8 Å². The molecule has 1 aliphatic heterocycles.